The van der Waals surface area contributed by atoms with Gasteiger partial charge in [-0.25, -0.2) is 8.91 Å². The van der Waals surface area contributed by atoms with E-state index in [1.165, 1.54) is 0 Å². The fourth-order valence-corrected chi connectivity index (χ4v) is 2.99. The SMILES string of the molecule is CC(C)Oc1c(-c2cn[nH]c2)ccn2nc(N[C@H]3CCOC[C@H]3F)nc12. The molecule has 1 aliphatic rings. The summed E-state index contributed by atoms with van der Waals surface area (Å²) in [4.78, 5) is 4.54. The number of aromatic nitrogens is 5. The molecule has 138 valence electrons. The topological polar surface area (TPSA) is 89.4 Å². The number of rotatable bonds is 5. The summed E-state index contributed by atoms with van der Waals surface area (Å²) in [5, 5.41) is 14.3. The molecule has 1 aliphatic heterocycles. The van der Waals surface area contributed by atoms with Gasteiger partial charge in [0.25, 0.3) is 0 Å². The predicted molar refractivity (Wildman–Crippen MR) is 94.1 cm³/mol. The summed E-state index contributed by atoms with van der Waals surface area (Å²) in [6.45, 7) is 4.52. The second-order valence-corrected chi connectivity index (χ2v) is 6.55. The zero-order valence-corrected chi connectivity index (χ0v) is 14.6. The van der Waals surface area contributed by atoms with Crippen LogP contribution in [0, 0.1) is 0 Å². The van der Waals surface area contributed by atoms with Crippen LogP contribution < -0.4 is 10.1 Å². The number of fused-ring (bicyclic) bond motifs is 1. The van der Waals surface area contributed by atoms with Gasteiger partial charge < -0.3 is 14.8 Å². The predicted octanol–water partition coefficient (Wildman–Crippen LogP) is 2.45. The minimum Gasteiger partial charge on any atom is -0.486 e. The van der Waals surface area contributed by atoms with Gasteiger partial charge in [-0.2, -0.15) is 10.1 Å². The van der Waals surface area contributed by atoms with Gasteiger partial charge in [0.05, 0.1) is 24.9 Å². The summed E-state index contributed by atoms with van der Waals surface area (Å²) in [6.07, 6.45) is 4.79. The van der Waals surface area contributed by atoms with E-state index in [1.807, 2.05) is 19.9 Å². The van der Waals surface area contributed by atoms with Crippen molar-refractivity contribution in [2.24, 2.45) is 0 Å². The second kappa shape index (κ2) is 6.91. The molecule has 1 saturated heterocycles. The second-order valence-electron chi connectivity index (χ2n) is 6.55. The Balaban J connectivity index is 1.72. The fraction of sp³-hybridized carbons (Fsp3) is 0.471. The molecule has 9 heteroatoms. The number of hydrogen-bond acceptors (Lipinski definition) is 6. The van der Waals surface area contributed by atoms with Crippen LogP contribution in [-0.4, -0.2) is 56.3 Å². The van der Waals surface area contributed by atoms with Gasteiger partial charge in [0.1, 0.15) is 6.17 Å². The molecule has 0 aliphatic carbocycles. The van der Waals surface area contributed by atoms with E-state index < -0.39 is 6.17 Å². The largest absolute Gasteiger partial charge is 0.486 e. The lowest BCUT2D eigenvalue weighted by atomic mass is 10.1. The molecule has 26 heavy (non-hydrogen) atoms. The average molecular weight is 360 g/mol. The quantitative estimate of drug-likeness (QED) is 0.726. The van der Waals surface area contributed by atoms with Crippen LogP contribution in [0.15, 0.2) is 24.7 Å². The van der Waals surface area contributed by atoms with Crippen LogP contribution >= 0.6 is 0 Å². The van der Waals surface area contributed by atoms with Crippen LogP contribution in [0.5, 0.6) is 5.75 Å². The Labute approximate surface area is 149 Å². The maximum absolute atomic E-state index is 14.0. The standard InChI is InChI=1S/C17H21FN6O2/c1-10(2)26-15-12(11-7-19-20-8-11)3-5-24-16(15)22-17(23-24)21-14-4-6-25-9-13(14)18/h3,5,7-8,10,13-14H,4,6,9H2,1-2H3,(H,19,20)(H,21,23)/t13-,14+/m1/s1. The van der Waals surface area contributed by atoms with Crippen molar-refractivity contribution in [1.82, 2.24) is 24.8 Å². The van der Waals surface area contributed by atoms with E-state index >= 15 is 0 Å². The van der Waals surface area contributed by atoms with Crippen molar-refractivity contribution in [3.8, 4) is 16.9 Å². The number of alkyl halides is 1. The van der Waals surface area contributed by atoms with Gasteiger partial charge in [-0.05, 0) is 26.3 Å². The van der Waals surface area contributed by atoms with Gasteiger partial charge in [0.2, 0.25) is 5.95 Å². The van der Waals surface area contributed by atoms with E-state index in [4.69, 9.17) is 9.47 Å². The molecule has 2 N–H and O–H groups in total. The van der Waals surface area contributed by atoms with Crippen LogP contribution in [-0.2, 0) is 4.74 Å². The van der Waals surface area contributed by atoms with Gasteiger partial charge in [0, 0.05) is 30.1 Å². The summed E-state index contributed by atoms with van der Waals surface area (Å²) < 4.78 is 26.8. The summed E-state index contributed by atoms with van der Waals surface area (Å²) in [5.74, 6) is 0.991. The minimum atomic E-state index is -1.08. The highest BCUT2D eigenvalue weighted by Crippen LogP contribution is 2.34. The van der Waals surface area contributed by atoms with Crippen LogP contribution in [0.1, 0.15) is 20.3 Å². The molecule has 0 unspecified atom stereocenters. The number of ether oxygens (including phenoxy) is 2. The lowest BCUT2D eigenvalue weighted by Gasteiger charge is -2.26. The third kappa shape index (κ3) is 3.22. The Hall–Kier alpha value is -2.68. The van der Waals surface area contributed by atoms with E-state index in [0.29, 0.717) is 30.4 Å². The monoisotopic (exact) mass is 360 g/mol. The maximum atomic E-state index is 14.0. The molecule has 1 fully saturated rings. The molecule has 0 radical (unpaired) electrons. The number of aromatic amines is 1. The van der Waals surface area contributed by atoms with Gasteiger partial charge in [-0.1, -0.05) is 0 Å². The summed E-state index contributed by atoms with van der Waals surface area (Å²) in [5.41, 5.74) is 2.34. The van der Waals surface area contributed by atoms with Gasteiger partial charge in [-0.15, -0.1) is 5.10 Å². The van der Waals surface area contributed by atoms with Crippen LogP contribution in [0.3, 0.4) is 0 Å². The van der Waals surface area contributed by atoms with Crippen LogP contribution in [0.4, 0.5) is 10.3 Å². The Kier molecular flexibility index (Phi) is 4.46. The molecule has 3 aromatic heterocycles. The number of nitrogens with one attached hydrogen (secondary N) is 2. The first kappa shape index (κ1) is 16.8. The van der Waals surface area contributed by atoms with E-state index in [2.05, 4.69) is 25.6 Å². The van der Waals surface area contributed by atoms with Crippen molar-refractivity contribution in [2.45, 2.75) is 38.6 Å². The average Bonchev–Trinajstić information content (AvgIpc) is 3.26. The smallest absolute Gasteiger partial charge is 0.243 e. The third-order valence-electron chi connectivity index (χ3n) is 4.23. The Morgan fingerprint density at radius 3 is 3.08 bits per heavy atom. The number of anilines is 1. The molecule has 0 spiro atoms. The molecule has 4 rings (SSSR count). The fourth-order valence-electron chi connectivity index (χ4n) is 2.99. The molecule has 0 saturated carbocycles. The first-order valence-electron chi connectivity index (χ1n) is 8.65. The van der Waals surface area contributed by atoms with E-state index in [1.54, 1.807) is 23.1 Å². The highest BCUT2D eigenvalue weighted by molar-refractivity contribution is 5.77. The summed E-state index contributed by atoms with van der Waals surface area (Å²) >= 11 is 0. The lowest BCUT2D eigenvalue weighted by Crippen LogP contribution is -2.39. The third-order valence-corrected chi connectivity index (χ3v) is 4.23. The first-order valence-corrected chi connectivity index (χ1v) is 8.65. The number of H-pyrrole nitrogens is 1. The van der Waals surface area contributed by atoms with E-state index in [0.717, 1.165) is 11.1 Å². The zero-order chi connectivity index (χ0) is 18.1. The maximum Gasteiger partial charge on any atom is 0.243 e. The van der Waals surface area contributed by atoms with Gasteiger partial charge in [-0.3, -0.25) is 5.10 Å². The van der Waals surface area contributed by atoms with Crippen molar-refractivity contribution in [3.63, 3.8) is 0 Å². The van der Waals surface area contributed by atoms with Gasteiger partial charge >= 0.3 is 0 Å². The number of pyridine rings is 1. The molecule has 0 bridgehead atoms. The summed E-state index contributed by atoms with van der Waals surface area (Å²) in [7, 11) is 0. The molecule has 8 nitrogen and oxygen atoms in total. The minimum absolute atomic E-state index is 0.0364. The molecular formula is C17H21FN6O2. The van der Waals surface area contributed by atoms with Gasteiger partial charge in [0.15, 0.2) is 11.4 Å². The zero-order valence-electron chi connectivity index (χ0n) is 14.6. The highest BCUT2D eigenvalue weighted by atomic mass is 19.1. The van der Waals surface area contributed by atoms with E-state index in [9.17, 15) is 4.39 Å². The van der Waals surface area contributed by atoms with E-state index in [-0.39, 0.29) is 18.8 Å². The Morgan fingerprint density at radius 2 is 2.35 bits per heavy atom. The first-order chi connectivity index (χ1) is 12.6. The molecule has 4 heterocycles. The van der Waals surface area contributed by atoms with Crippen molar-refractivity contribution in [1.29, 1.82) is 0 Å². The van der Waals surface area contributed by atoms with Crippen molar-refractivity contribution in [3.05, 3.63) is 24.7 Å². The number of nitrogens with zero attached hydrogens (tertiary/aromatic N) is 4. The Bertz CT molecular complexity index is 879. The number of hydrogen-bond donors (Lipinski definition) is 2. The van der Waals surface area contributed by atoms with Crippen molar-refractivity contribution >= 4 is 11.6 Å². The normalized spacial score (nSPS) is 20.6. The lowest BCUT2D eigenvalue weighted by molar-refractivity contribution is 0.0284. The molecule has 0 amide bonds. The molecule has 2 atom stereocenters. The molecule has 3 aromatic rings. The van der Waals surface area contributed by atoms with Crippen molar-refractivity contribution in [2.75, 3.05) is 18.5 Å². The molecule has 0 aromatic carbocycles. The summed E-state index contributed by atoms with van der Waals surface area (Å²) in [6, 6.07) is 1.55. The number of halogens is 1. The van der Waals surface area contributed by atoms with Crippen LogP contribution in [0.25, 0.3) is 16.8 Å². The Morgan fingerprint density at radius 1 is 1.46 bits per heavy atom. The highest BCUT2D eigenvalue weighted by Gasteiger charge is 2.27. The molecular weight excluding hydrogens is 339 g/mol. The van der Waals surface area contributed by atoms with Crippen molar-refractivity contribution < 1.29 is 13.9 Å². The van der Waals surface area contributed by atoms with Crippen LogP contribution in [0.2, 0.25) is 0 Å².